The Kier molecular flexibility index (Phi) is 76.9. The van der Waals surface area contributed by atoms with Crippen LogP contribution in [-0.4, -0.2) is 96.7 Å². The first-order valence-corrected chi connectivity index (χ1v) is 48.0. The summed E-state index contributed by atoms with van der Waals surface area (Å²) in [6.07, 6.45) is 71.0. The fourth-order valence-corrected chi connectivity index (χ4v) is 15.1. The second kappa shape index (κ2) is 78.3. The highest BCUT2D eigenvalue weighted by atomic mass is 31.2. The van der Waals surface area contributed by atoms with Gasteiger partial charge in [0, 0.05) is 25.7 Å². The van der Waals surface area contributed by atoms with E-state index in [-0.39, 0.29) is 25.7 Å². The van der Waals surface area contributed by atoms with Crippen molar-refractivity contribution in [2.75, 3.05) is 39.6 Å². The van der Waals surface area contributed by atoms with Gasteiger partial charge in [-0.1, -0.05) is 414 Å². The highest BCUT2D eigenvalue weighted by Crippen LogP contribution is 2.45. The van der Waals surface area contributed by atoms with E-state index < -0.39 is 97.5 Å². The van der Waals surface area contributed by atoms with E-state index in [9.17, 15) is 43.2 Å². The van der Waals surface area contributed by atoms with Crippen LogP contribution in [0.15, 0.2) is 0 Å². The Morgan fingerprint density at radius 3 is 0.717 bits per heavy atom. The molecule has 0 heterocycles. The lowest BCUT2D eigenvalue weighted by molar-refractivity contribution is -0.161. The Balaban J connectivity index is 5.21. The SMILES string of the molecule is CCCCCCCCCCCCCCCCCCCCCCCC(=O)OC[C@H](COP(=O)(O)OC[C@@H](O)COP(=O)(O)OC[C@@H](COC(=O)CCCCCCCCC(C)CC)OC(=O)CCCCCCCCCCCCCCCC)OC(=O)CCCCCCCCCCCCCCCCCCCCC(C)C. The Bertz CT molecular complexity index is 2030. The van der Waals surface area contributed by atoms with Crippen LogP contribution in [0.4, 0.5) is 0 Å². The summed E-state index contributed by atoms with van der Waals surface area (Å²) in [5.74, 6) is -0.551. The molecule has 0 aromatic carbocycles. The first-order chi connectivity index (χ1) is 51.4. The van der Waals surface area contributed by atoms with E-state index in [4.69, 9.17) is 37.0 Å². The molecule has 0 aromatic heterocycles. The number of aliphatic hydroxyl groups excluding tert-OH is 1. The number of unbranched alkanes of at least 4 members (excludes halogenated alkanes) is 55. The number of phosphoric acid groups is 2. The van der Waals surface area contributed by atoms with Crippen LogP contribution in [0.2, 0.25) is 0 Å². The first kappa shape index (κ1) is 104. The summed E-state index contributed by atoms with van der Waals surface area (Å²) in [5.41, 5.74) is 0. The molecular formula is C87H170O17P2. The summed E-state index contributed by atoms with van der Waals surface area (Å²) in [7, 11) is -9.93. The third-order valence-electron chi connectivity index (χ3n) is 20.8. The predicted octanol–water partition coefficient (Wildman–Crippen LogP) is 26.6. The van der Waals surface area contributed by atoms with Gasteiger partial charge in [-0.2, -0.15) is 0 Å². The van der Waals surface area contributed by atoms with Gasteiger partial charge in [0.25, 0.3) is 0 Å². The molecule has 0 radical (unpaired) electrons. The van der Waals surface area contributed by atoms with E-state index >= 15 is 0 Å². The molecule has 0 rings (SSSR count). The smallest absolute Gasteiger partial charge is 0.462 e. The summed E-state index contributed by atoms with van der Waals surface area (Å²) < 4.78 is 68.9. The van der Waals surface area contributed by atoms with E-state index in [0.29, 0.717) is 25.7 Å². The van der Waals surface area contributed by atoms with Gasteiger partial charge < -0.3 is 33.8 Å². The first-order valence-electron chi connectivity index (χ1n) is 45.0. The summed E-state index contributed by atoms with van der Waals surface area (Å²) in [4.78, 5) is 73.2. The summed E-state index contributed by atoms with van der Waals surface area (Å²) in [6, 6.07) is 0. The van der Waals surface area contributed by atoms with Crippen LogP contribution in [0.25, 0.3) is 0 Å². The molecule has 0 aliphatic carbocycles. The number of rotatable bonds is 86. The van der Waals surface area contributed by atoms with E-state index in [1.807, 2.05) is 0 Å². The number of ether oxygens (including phenoxy) is 4. The maximum Gasteiger partial charge on any atom is 0.472 e. The van der Waals surface area contributed by atoms with Gasteiger partial charge >= 0.3 is 39.5 Å². The van der Waals surface area contributed by atoms with Crippen LogP contribution >= 0.6 is 15.6 Å². The summed E-state index contributed by atoms with van der Waals surface area (Å²) in [6.45, 7) is 9.67. The predicted molar refractivity (Wildman–Crippen MR) is 437 cm³/mol. The minimum atomic E-state index is -4.97. The number of aliphatic hydroxyl groups is 1. The number of hydrogen-bond donors (Lipinski definition) is 3. The van der Waals surface area contributed by atoms with Crippen LogP contribution in [0.1, 0.15) is 465 Å². The standard InChI is InChI=1S/C87H170O17P2/c1-7-10-12-14-16-18-20-22-24-25-26-27-28-32-35-39-42-46-50-57-63-69-84(89)97-75-82(103-86(91)72-66-60-52-48-44-40-36-33-30-29-31-34-37-41-45-49-55-61-67-79(4)5)77-101-105(93,94)99-73-81(88)74-100-106(95,96)102-78-83(76-98-85(90)70-64-58-54-53-56-62-68-80(6)9-3)104-87(92)71-65-59-51-47-43-38-23-21-19-17-15-13-11-8-2/h79-83,88H,7-78H2,1-6H3,(H,93,94)(H,95,96)/t80?,81-,82-,83-/m1/s1. The van der Waals surface area contributed by atoms with Crippen LogP contribution in [0, 0.1) is 11.8 Å². The summed E-state index contributed by atoms with van der Waals surface area (Å²) >= 11 is 0. The molecule has 630 valence electrons. The molecule has 17 nitrogen and oxygen atoms in total. The van der Waals surface area contributed by atoms with Crippen LogP contribution in [0.5, 0.6) is 0 Å². The second-order valence-corrected chi connectivity index (χ2v) is 34.9. The molecule has 0 saturated heterocycles. The fraction of sp³-hybridized carbons (Fsp3) is 0.954. The maximum absolute atomic E-state index is 13.2. The molecule has 0 aliphatic rings. The quantitative estimate of drug-likeness (QED) is 0.0222. The Morgan fingerprint density at radius 2 is 0.481 bits per heavy atom. The molecule has 0 saturated carbocycles. The molecule has 0 spiro atoms. The summed E-state index contributed by atoms with van der Waals surface area (Å²) in [5, 5.41) is 10.7. The van der Waals surface area contributed by atoms with Gasteiger partial charge in [0.05, 0.1) is 26.4 Å². The average molecular weight is 1550 g/mol. The van der Waals surface area contributed by atoms with Crippen LogP contribution in [-0.2, 0) is 65.4 Å². The molecule has 6 atom stereocenters. The molecular weight excluding hydrogens is 1380 g/mol. The van der Waals surface area contributed by atoms with Crippen molar-refractivity contribution in [3.8, 4) is 0 Å². The van der Waals surface area contributed by atoms with E-state index in [1.165, 1.54) is 276 Å². The van der Waals surface area contributed by atoms with Crippen molar-refractivity contribution in [3.63, 3.8) is 0 Å². The van der Waals surface area contributed by atoms with Gasteiger partial charge in [0.1, 0.15) is 19.3 Å². The van der Waals surface area contributed by atoms with Crippen molar-refractivity contribution in [1.29, 1.82) is 0 Å². The molecule has 3 unspecified atom stereocenters. The Hall–Kier alpha value is -1.94. The average Bonchev–Trinajstić information content (AvgIpc) is 0.899. The normalized spacial score (nSPS) is 14.1. The number of carbonyl (C=O) groups excluding carboxylic acids is 4. The van der Waals surface area contributed by atoms with E-state index in [1.54, 1.807) is 0 Å². The van der Waals surface area contributed by atoms with Crippen molar-refractivity contribution in [3.05, 3.63) is 0 Å². The van der Waals surface area contributed by atoms with Gasteiger partial charge in [-0.15, -0.1) is 0 Å². The largest absolute Gasteiger partial charge is 0.472 e. The molecule has 0 bridgehead atoms. The number of carbonyl (C=O) groups is 4. The third kappa shape index (κ3) is 78.7. The lowest BCUT2D eigenvalue weighted by atomic mass is 10.00. The van der Waals surface area contributed by atoms with Gasteiger partial charge in [0.2, 0.25) is 0 Å². The molecule has 0 fully saturated rings. The van der Waals surface area contributed by atoms with Crippen molar-refractivity contribution < 1.29 is 80.2 Å². The van der Waals surface area contributed by atoms with Crippen LogP contribution in [0.3, 0.4) is 0 Å². The Labute approximate surface area is 651 Å². The van der Waals surface area contributed by atoms with E-state index in [2.05, 4.69) is 41.5 Å². The lowest BCUT2D eigenvalue weighted by Gasteiger charge is -2.21. The number of esters is 4. The molecule has 0 amide bonds. The Morgan fingerprint density at radius 1 is 0.274 bits per heavy atom. The van der Waals surface area contributed by atoms with Gasteiger partial charge in [-0.25, -0.2) is 9.13 Å². The van der Waals surface area contributed by atoms with E-state index in [0.717, 1.165) is 108 Å². The van der Waals surface area contributed by atoms with Crippen molar-refractivity contribution in [1.82, 2.24) is 0 Å². The second-order valence-electron chi connectivity index (χ2n) is 32.0. The van der Waals surface area contributed by atoms with Gasteiger partial charge in [0.15, 0.2) is 12.2 Å². The minimum Gasteiger partial charge on any atom is -0.462 e. The van der Waals surface area contributed by atoms with Crippen molar-refractivity contribution in [2.24, 2.45) is 11.8 Å². The van der Waals surface area contributed by atoms with Gasteiger partial charge in [-0.05, 0) is 37.5 Å². The monoisotopic (exact) mass is 1550 g/mol. The molecule has 0 aromatic rings. The zero-order valence-electron chi connectivity index (χ0n) is 69.7. The lowest BCUT2D eigenvalue weighted by Crippen LogP contribution is -2.30. The molecule has 3 N–H and O–H groups in total. The van der Waals surface area contributed by atoms with Crippen molar-refractivity contribution in [2.45, 2.75) is 484 Å². The van der Waals surface area contributed by atoms with Gasteiger partial charge in [-0.3, -0.25) is 37.3 Å². The number of hydrogen-bond acceptors (Lipinski definition) is 15. The third-order valence-corrected chi connectivity index (χ3v) is 22.7. The maximum atomic E-state index is 13.2. The number of phosphoric ester groups is 2. The molecule has 0 aliphatic heterocycles. The fourth-order valence-electron chi connectivity index (χ4n) is 13.6. The highest BCUT2D eigenvalue weighted by molar-refractivity contribution is 7.47. The topological polar surface area (TPSA) is 237 Å². The molecule has 19 heteroatoms. The minimum absolute atomic E-state index is 0.107. The highest BCUT2D eigenvalue weighted by Gasteiger charge is 2.30. The zero-order valence-corrected chi connectivity index (χ0v) is 71.5. The van der Waals surface area contributed by atoms with Crippen molar-refractivity contribution >= 4 is 39.5 Å². The zero-order chi connectivity index (χ0) is 77.8. The molecule has 106 heavy (non-hydrogen) atoms. The van der Waals surface area contributed by atoms with Crippen LogP contribution < -0.4 is 0 Å².